The summed E-state index contributed by atoms with van der Waals surface area (Å²) in [7, 11) is 0. The maximum atomic E-state index is 3.61. The zero-order chi connectivity index (χ0) is 12.6. The minimum atomic E-state index is 0.312. The molecule has 0 spiro atoms. The highest BCUT2D eigenvalue weighted by atomic mass is 14.9. The van der Waals surface area contributed by atoms with Crippen molar-refractivity contribution < 1.29 is 0 Å². The van der Waals surface area contributed by atoms with Gasteiger partial charge in [0.05, 0.1) is 6.04 Å². The van der Waals surface area contributed by atoms with Gasteiger partial charge in [-0.05, 0) is 24.9 Å². The van der Waals surface area contributed by atoms with Crippen molar-refractivity contribution >= 4 is 0 Å². The summed E-state index contributed by atoms with van der Waals surface area (Å²) >= 11 is 0. The molecule has 1 nitrogen and oxygen atoms in total. The first-order chi connectivity index (χ1) is 8.90. The van der Waals surface area contributed by atoms with Gasteiger partial charge in [0.15, 0.2) is 0 Å². The normalized spacial score (nSPS) is 26.9. The van der Waals surface area contributed by atoms with Crippen LogP contribution in [0.25, 0.3) is 0 Å². The molecule has 1 aromatic carbocycles. The molecule has 0 saturated carbocycles. The van der Waals surface area contributed by atoms with Crippen molar-refractivity contribution in [2.45, 2.75) is 25.8 Å². The van der Waals surface area contributed by atoms with E-state index in [4.69, 9.17) is 0 Å². The molecule has 1 atom stereocenters. The molecular formula is C17H21N. The molecule has 94 valence electrons. The SMILES string of the molecule is CC\C1=C/C=C\C=C\C(c2ccccc2)NCC1. The third-order valence-corrected chi connectivity index (χ3v) is 3.28. The van der Waals surface area contributed by atoms with Crippen molar-refractivity contribution in [3.8, 4) is 0 Å². The summed E-state index contributed by atoms with van der Waals surface area (Å²) in [6, 6.07) is 10.9. The van der Waals surface area contributed by atoms with Crippen LogP contribution < -0.4 is 5.32 Å². The molecule has 0 radical (unpaired) electrons. The molecule has 0 amide bonds. The van der Waals surface area contributed by atoms with E-state index in [1.807, 2.05) is 0 Å². The fourth-order valence-corrected chi connectivity index (χ4v) is 2.15. The molecule has 1 aliphatic rings. The lowest BCUT2D eigenvalue weighted by atomic mass is 10.0. The molecule has 1 heteroatoms. The smallest absolute Gasteiger partial charge is 0.0509 e. The Morgan fingerprint density at radius 3 is 2.72 bits per heavy atom. The Morgan fingerprint density at radius 1 is 1.11 bits per heavy atom. The fraction of sp³-hybridized carbons (Fsp3) is 0.294. The van der Waals surface area contributed by atoms with Crippen molar-refractivity contribution in [3.05, 3.63) is 71.8 Å². The van der Waals surface area contributed by atoms with Crippen LogP contribution >= 0.6 is 0 Å². The van der Waals surface area contributed by atoms with E-state index >= 15 is 0 Å². The number of nitrogens with one attached hydrogen (secondary N) is 1. The van der Waals surface area contributed by atoms with Gasteiger partial charge in [-0.3, -0.25) is 0 Å². The second kappa shape index (κ2) is 6.97. The monoisotopic (exact) mass is 239 g/mol. The third-order valence-electron chi connectivity index (χ3n) is 3.28. The predicted octanol–water partition coefficient (Wildman–Crippen LogP) is 4.17. The van der Waals surface area contributed by atoms with Gasteiger partial charge in [-0.25, -0.2) is 0 Å². The topological polar surface area (TPSA) is 12.0 Å². The summed E-state index contributed by atoms with van der Waals surface area (Å²) in [5.41, 5.74) is 2.82. The summed E-state index contributed by atoms with van der Waals surface area (Å²) in [6.45, 7) is 3.24. The summed E-state index contributed by atoms with van der Waals surface area (Å²) in [4.78, 5) is 0. The Bertz CT molecular complexity index is 440. The van der Waals surface area contributed by atoms with Crippen molar-refractivity contribution in [2.75, 3.05) is 6.54 Å². The molecule has 1 aromatic rings. The first-order valence-electron chi connectivity index (χ1n) is 6.71. The molecule has 1 heterocycles. The molecule has 18 heavy (non-hydrogen) atoms. The zero-order valence-corrected chi connectivity index (χ0v) is 11.0. The van der Waals surface area contributed by atoms with E-state index in [2.05, 4.69) is 73.0 Å². The number of hydrogen-bond donors (Lipinski definition) is 1. The van der Waals surface area contributed by atoms with E-state index in [1.54, 1.807) is 0 Å². The van der Waals surface area contributed by atoms with E-state index in [0.29, 0.717) is 6.04 Å². The molecular weight excluding hydrogens is 218 g/mol. The number of hydrogen-bond acceptors (Lipinski definition) is 1. The molecule has 0 saturated heterocycles. The van der Waals surface area contributed by atoms with Gasteiger partial charge in [0.25, 0.3) is 0 Å². The van der Waals surface area contributed by atoms with Gasteiger partial charge >= 0.3 is 0 Å². The maximum Gasteiger partial charge on any atom is 0.0509 e. The molecule has 0 aliphatic carbocycles. The molecule has 0 aromatic heterocycles. The van der Waals surface area contributed by atoms with Crippen molar-refractivity contribution in [1.29, 1.82) is 0 Å². The lowest BCUT2D eigenvalue weighted by Crippen LogP contribution is -2.21. The van der Waals surface area contributed by atoms with E-state index < -0.39 is 0 Å². The largest absolute Gasteiger partial charge is 0.306 e. The maximum absolute atomic E-state index is 3.61. The highest BCUT2D eigenvalue weighted by molar-refractivity contribution is 5.26. The highest BCUT2D eigenvalue weighted by Crippen LogP contribution is 2.16. The Hall–Kier alpha value is -1.60. The summed E-state index contributed by atoms with van der Waals surface area (Å²) in [5.74, 6) is 0. The first-order valence-corrected chi connectivity index (χ1v) is 6.71. The van der Waals surface area contributed by atoms with Gasteiger partial charge in [-0.2, -0.15) is 0 Å². The second-order valence-electron chi connectivity index (χ2n) is 4.54. The first kappa shape index (κ1) is 12.8. The third kappa shape index (κ3) is 3.71. The van der Waals surface area contributed by atoms with Crippen molar-refractivity contribution in [2.24, 2.45) is 0 Å². The molecule has 0 bridgehead atoms. The average molecular weight is 239 g/mol. The van der Waals surface area contributed by atoms with Crippen LogP contribution in [0.15, 0.2) is 66.3 Å². The number of benzene rings is 1. The summed E-state index contributed by atoms with van der Waals surface area (Å²) in [6.07, 6.45) is 13.1. The van der Waals surface area contributed by atoms with Gasteiger partial charge in [0, 0.05) is 0 Å². The highest BCUT2D eigenvalue weighted by Gasteiger charge is 2.06. The van der Waals surface area contributed by atoms with Crippen LogP contribution in [0.5, 0.6) is 0 Å². The Morgan fingerprint density at radius 2 is 1.94 bits per heavy atom. The van der Waals surface area contributed by atoms with Crippen LogP contribution in [0.3, 0.4) is 0 Å². The second-order valence-corrected chi connectivity index (χ2v) is 4.54. The van der Waals surface area contributed by atoms with Gasteiger partial charge < -0.3 is 5.32 Å². The Labute approximate surface area is 110 Å². The number of allylic oxidation sites excluding steroid dienone is 4. The van der Waals surface area contributed by atoms with E-state index in [1.165, 1.54) is 11.1 Å². The molecule has 0 fully saturated rings. The molecule has 1 aliphatic heterocycles. The van der Waals surface area contributed by atoms with Crippen LogP contribution in [-0.4, -0.2) is 6.54 Å². The average Bonchev–Trinajstić information content (AvgIpc) is 2.45. The Kier molecular flexibility index (Phi) is 4.98. The predicted molar refractivity (Wildman–Crippen MR) is 78.5 cm³/mol. The van der Waals surface area contributed by atoms with E-state index in [9.17, 15) is 0 Å². The molecule has 1 N–H and O–H groups in total. The van der Waals surface area contributed by atoms with Gasteiger partial charge in [0.1, 0.15) is 0 Å². The van der Waals surface area contributed by atoms with Crippen LogP contribution in [-0.2, 0) is 0 Å². The van der Waals surface area contributed by atoms with Gasteiger partial charge in [-0.15, -0.1) is 0 Å². The van der Waals surface area contributed by atoms with E-state index in [0.717, 1.165) is 19.4 Å². The quantitative estimate of drug-likeness (QED) is 0.816. The van der Waals surface area contributed by atoms with Gasteiger partial charge in [0.2, 0.25) is 0 Å². The molecule has 1 unspecified atom stereocenters. The van der Waals surface area contributed by atoms with Crippen molar-refractivity contribution in [3.63, 3.8) is 0 Å². The summed E-state index contributed by atoms with van der Waals surface area (Å²) < 4.78 is 0. The minimum absolute atomic E-state index is 0.312. The van der Waals surface area contributed by atoms with Gasteiger partial charge in [-0.1, -0.05) is 73.2 Å². The number of rotatable bonds is 2. The lowest BCUT2D eigenvalue weighted by Gasteiger charge is -2.16. The van der Waals surface area contributed by atoms with E-state index in [-0.39, 0.29) is 0 Å². The zero-order valence-electron chi connectivity index (χ0n) is 11.0. The van der Waals surface area contributed by atoms with Crippen LogP contribution in [0, 0.1) is 0 Å². The summed E-state index contributed by atoms with van der Waals surface area (Å²) in [5, 5.41) is 3.61. The van der Waals surface area contributed by atoms with Crippen molar-refractivity contribution in [1.82, 2.24) is 5.32 Å². The fourth-order valence-electron chi connectivity index (χ4n) is 2.15. The van der Waals surface area contributed by atoms with Crippen LogP contribution in [0.1, 0.15) is 31.4 Å². The molecule has 2 rings (SSSR count). The lowest BCUT2D eigenvalue weighted by molar-refractivity contribution is 0.614. The Balaban J connectivity index is 2.12. The van der Waals surface area contributed by atoms with Crippen LogP contribution in [0.4, 0.5) is 0 Å². The van der Waals surface area contributed by atoms with Crippen LogP contribution in [0.2, 0.25) is 0 Å². The minimum Gasteiger partial charge on any atom is -0.306 e. The standard InChI is InChI=1S/C17H21N/c1-2-15-9-5-3-8-12-17(18-14-13-15)16-10-6-4-7-11-16/h3-12,17-18H,2,13-14H2,1H3/b5-3-,12-8+,15-9+.